The highest BCUT2D eigenvalue weighted by atomic mass is 16.5. The molecule has 0 unspecified atom stereocenters. The number of anilines is 1. The molecule has 0 saturated carbocycles. The van der Waals surface area contributed by atoms with Gasteiger partial charge >= 0.3 is 5.97 Å². The first-order valence-corrected chi connectivity index (χ1v) is 7.99. The number of benzene rings is 1. The lowest BCUT2D eigenvalue weighted by atomic mass is 10.1. The summed E-state index contributed by atoms with van der Waals surface area (Å²) in [6.45, 7) is 6.89. The minimum absolute atomic E-state index is 0.273. The summed E-state index contributed by atoms with van der Waals surface area (Å²) in [5.41, 5.74) is 2.27. The summed E-state index contributed by atoms with van der Waals surface area (Å²) in [5.74, 6) is -0.186. The third kappa shape index (κ3) is 4.17. The first kappa shape index (κ1) is 18.5. The smallest absolute Gasteiger partial charge is 0.344 e. The molecule has 134 valence electrons. The second-order valence-corrected chi connectivity index (χ2v) is 5.65. The zero-order valence-electron chi connectivity index (χ0n) is 15.0. The highest BCUT2D eigenvalue weighted by Gasteiger charge is 2.25. The number of rotatable bonds is 6. The van der Waals surface area contributed by atoms with Crippen LogP contribution in [0.25, 0.3) is 0 Å². The van der Waals surface area contributed by atoms with E-state index in [0.29, 0.717) is 29.3 Å². The normalized spacial score (nSPS) is 11.7. The molecule has 0 radical (unpaired) electrons. The van der Waals surface area contributed by atoms with Crippen molar-refractivity contribution in [2.45, 2.75) is 40.2 Å². The van der Waals surface area contributed by atoms with Crippen LogP contribution in [0.2, 0.25) is 0 Å². The summed E-state index contributed by atoms with van der Waals surface area (Å²) in [4.78, 5) is 24.7. The lowest BCUT2D eigenvalue weighted by Crippen LogP contribution is -2.30. The fourth-order valence-electron chi connectivity index (χ4n) is 2.35. The van der Waals surface area contributed by atoms with E-state index in [0.717, 1.165) is 5.56 Å². The molecule has 1 N–H and O–H groups in total. The van der Waals surface area contributed by atoms with Gasteiger partial charge in [-0.1, -0.05) is 18.1 Å². The molecule has 0 aliphatic rings. The molecular weight excluding hydrogens is 324 g/mol. The quantitative estimate of drug-likeness (QED) is 0.809. The maximum atomic E-state index is 12.4. The van der Waals surface area contributed by atoms with Gasteiger partial charge in [-0.25, -0.2) is 4.79 Å². The molecule has 7 nitrogen and oxygen atoms in total. The molecule has 1 aromatic heterocycles. The fraction of sp³-hybridized carbons (Fsp3) is 0.389. The number of aryl methyl sites for hydroxylation is 3. The Hall–Kier alpha value is -2.83. The molecule has 25 heavy (non-hydrogen) atoms. The summed E-state index contributed by atoms with van der Waals surface area (Å²) in [7, 11) is 1.52. The molecule has 1 aromatic carbocycles. The standard InChI is InChI=1S/C18H22N2O5/c1-6-13-16(11(3)25-20-13)18(22)24-12(4)17(21)19-14-9-10(2)7-8-15(14)23-5/h7-9,12H,6H2,1-5H3,(H,19,21)/t12-/m1/s1. The number of ether oxygens (including phenoxy) is 2. The van der Waals surface area contributed by atoms with Gasteiger partial charge in [0.2, 0.25) is 0 Å². The van der Waals surface area contributed by atoms with Crippen LogP contribution in [0.4, 0.5) is 5.69 Å². The third-order valence-corrected chi connectivity index (χ3v) is 3.74. The van der Waals surface area contributed by atoms with Gasteiger partial charge in [-0.15, -0.1) is 0 Å². The maximum Gasteiger partial charge on any atom is 0.344 e. The fourth-order valence-corrected chi connectivity index (χ4v) is 2.35. The third-order valence-electron chi connectivity index (χ3n) is 3.74. The van der Waals surface area contributed by atoms with E-state index in [2.05, 4.69) is 10.5 Å². The van der Waals surface area contributed by atoms with Crippen LogP contribution < -0.4 is 10.1 Å². The number of hydrogen-bond donors (Lipinski definition) is 1. The van der Waals surface area contributed by atoms with Crippen LogP contribution in [-0.2, 0) is 16.0 Å². The van der Waals surface area contributed by atoms with Gasteiger partial charge in [0.15, 0.2) is 6.10 Å². The second-order valence-electron chi connectivity index (χ2n) is 5.65. The van der Waals surface area contributed by atoms with Crippen molar-refractivity contribution in [3.63, 3.8) is 0 Å². The Balaban J connectivity index is 2.09. The van der Waals surface area contributed by atoms with Gasteiger partial charge in [-0.2, -0.15) is 0 Å². The number of methoxy groups -OCH3 is 1. The van der Waals surface area contributed by atoms with Crippen LogP contribution in [0.3, 0.4) is 0 Å². The highest BCUT2D eigenvalue weighted by molar-refractivity contribution is 5.98. The highest BCUT2D eigenvalue weighted by Crippen LogP contribution is 2.25. The predicted molar refractivity (Wildman–Crippen MR) is 91.9 cm³/mol. The average molecular weight is 346 g/mol. The molecule has 2 aromatic rings. The van der Waals surface area contributed by atoms with Crippen molar-refractivity contribution in [3.8, 4) is 5.75 Å². The van der Waals surface area contributed by atoms with E-state index < -0.39 is 18.0 Å². The molecule has 0 spiro atoms. The number of hydrogen-bond acceptors (Lipinski definition) is 6. The number of nitrogens with zero attached hydrogens (tertiary/aromatic N) is 1. The Morgan fingerprint density at radius 3 is 2.68 bits per heavy atom. The number of carbonyl (C=O) groups is 2. The van der Waals surface area contributed by atoms with Crippen molar-refractivity contribution >= 4 is 17.6 Å². The minimum atomic E-state index is -0.989. The van der Waals surface area contributed by atoms with Crippen LogP contribution in [0.5, 0.6) is 5.75 Å². The summed E-state index contributed by atoms with van der Waals surface area (Å²) in [5, 5.41) is 6.53. The largest absolute Gasteiger partial charge is 0.495 e. The number of esters is 1. The van der Waals surface area contributed by atoms with Crippen LogP contribution in [0, 0.1) is 13.8 Å². The minimum Gasteiger partial charge on any atom is -0.495 e. The van der Waals surface area contributed by atoms with Crippen molar-refractivity contribution in [2.75, 3.05) is 12.4 Å². The summed E-state index contributed by atoms with van der Waals surface area (Å²) in [6.07, 6.45) is -0.459. The van der Waals surface area contributed by atoms with Crippen molar-refractivity contribution in [1.29, 1.82) is 0 Å². The topological polar surface area (TPSA) is 90.7 Å². The lowest BCUT2D eigenvalue weighted by Gasteiger charge is -2.15. The van der Waals surface area contributed by atoms with E-state index in [4.69, 9.17) is 14.0 Å². The zero-order valence-corrected chi connectivity index (χ0v) is 15.0. The van der Waals surface area contributed by atoms with Crippen molar-refractivity contribution in [1.82, 2.24) is 5.16 Å². The number of aromatic nitrogens is 1. The number of nitrogens with one attached hydrogen (secondary N) is 1. The van der Waals surface area contributed by atoms with Crippen LogP contribution >= 0.6 is 0 Å². The van der Waals surface area contributed by atoms with E-state index >= 15 is 0 Å². The molecule has 1 amide bonds. The van der Waals surface area contributed by atoms with E-state index in [9.17, 15) is 9.59 Å². The zero-order chi connectivity index (χ0) is 18.6. The first-order valence-electron chi connectivity index (χ1n) is 7.99. The predicted octanol–water partition coefficient (Wildman–Crippen LogP) is 3.05. The Morgan fingerprint density at radius 2 is 2.04 bits per heavy atom. The molecule has 0 saturated heterocycles. The second kappa shape index (κ2) is 7.83. The van der Waals surface area contributed by atoms with Crippen molar-refractivity contribution < 1.29 is 23.6 Å². The van der Waals surface area contributed by atoms with E-state index in [-0.39, 0.29) is 5.56 Å². The SMILES string of the molecule is CCc1noc(C)c1C(=O)O[C@H](C)C(=O)Nc1cc(C)ccc1OC. The Bertz CT molecular complexity index is 782. The summed E-state index contributed by atoms with van der Waals surface area (Å²) in [6, 6.07) is 5.42. The molecule has 0 fully saturated rings. The van der Waals surface area contributed by atoms with Gasteiger partial charge in [-0.05, 0) is 44.9 Å². The summed E-state index contributed by atoms with van der Waals surface area (Å²) < 4.78 is 15.5. The van der Waals surface area contributed by atoms with Crippen molar-refractivity contribution in [2.24, 2.45) is 0 Å². The van der Waals surface area contributed by atoms with Crippen LogP contribution in [0.15, 0.2) is 22.7 Å². The molecule has 1 atom stereocenters. The monoisotopic (exact) mass is 346 g/mol. The molecule has 1 heterocycles. The summed E-state index contributed by atoms with van der Waals surface area (Å²) >= 11 is 0. The molecule has 0 bridgehead atoms. The molecule has 0 aliphatic heterocycles. The molecule has 2 rings (SSSR count). The Morgan fingerprint density at radius 1 is 1.32 bits per heavy atom. The Labute approximate surface area is 146 Å². The average Bonchev–Trinajstić information content (AvgIpc) is 2.95. The number of carbonyl (C=O) groups excluding carboxylic acids is 2. The first-order chi connectivity index (χ1) is 11.9. The maximum absolute atomic E-state index is 12.4. The van der Waals surface area contributed by atoms with Crippen molar-refractivity contribution in [3.05, 3.63) is 40.8 Å². The molecular formula is C18H22N2O5. The molecule has 0 aliphatic carbocycles. The van der Waals surface area contributed by atoms with Crippen LogP contribution in [-0.4, -0.2) is 30.2 Å². The Kier molecular flexibility index (Phi) is 5.80. The van der Waals surface area contributed by atoms with E-state index in [1.165, 1.54) is 14.0 Å². The van der Waals surface area contributed by atoms with E-state index in [1.54, 1.807) is 19.1 Å². The van der Waals surface area contributed by atoms with Gasteiger partial charge in [0.05, 0.1) is 18.5 Å². The number of amides is 1. The lowest BCUT2D eigenvalue weighted by molar-refractivity contribution is -0.123. The van der Waals surface area contributed by atoms with Crippen LogP contribution in [0.1, 0.15) is 41.2 Å². The van der Waals surface area contributed by atoms with Gasteiger partial charge in [0, 0.05) is 0 Å². The van der Waals surface area contributed by atoms with Gasteiger partial charge < -0.3 is 19.3 Å². The van der Waals surface area contributed by atoms with Gasteiger partial charge in [0.25, 0.3) is 5.91 Å². The van der Waals surface area contributed by atoms with Gasteiger partial charge in [-0.3, -0.25) is 4.79 Å². The van der Waals surface area contributed by atoms with E-state index in [1.807, 2.05) is 19.9 Å². The van der Waals surface area contributed by atoms with Gasteiger partial charge in [0.1, 0.15) is 17.1 Å². The molecule has 7 heteroatoms.